The molecule has 1 aliphatic heterocycles. The quantitative estimate of drug-likeness (QED) is 0.772. The van der Waals surface area contributed by atoms with Crippen molar-refractivity contribution in [3.8, 4) is 0 Å². The van der Waals surface area contributed by atoms with Gasteiger partial charge in [0.25, 0.3) is 0 Å². The number of hydrogen-bond acceptors (Lipinski definition) is 4. The molecule has 1 aromatic rings. The normalized spacial score (nSPS) is 16.7. The van der Waals surface area contributed by atoms with Gasteiger partial charge in [-0.3, -0.25) is 4.90 Å². The van der Waals surface area contributed by atoms with Crippen molar-refractivity contribution >= 4 is 17.3 Å². The van der Waals surface area contributed by atoms with Crippen molar-refractivity contribution in [2.75, 3.05) is 71.4 Å². The van der Waals surface area contributed by atoms with Crippen molar-refractivity contribution in [1.82, 2.24) is 15.1 Å². The first kappa shape index (κ1) is 16.6. The van der Waals surface area contributed by atoms with E-state index in [1.165, 1.54) is 5.69 Å². The van der Waals surface area contributed by atoms with Gasteiger partial charge in [-0.25, -0.2) is 0 Å². The highest BCUT2D eigenvalue weighted by molar-refractivity contribution is 6.30. The van der Waals surface area contributed by atoms with Crippen molar-refractivity contribution in [3.05, 3.63) is 29.3 Å². The average Bonchev–Trinajstić information content (AvgIpc) is 2.48. The smallest absolute Gasteiger partial charge is 0.0407 e. The molecule has 0 unspecified atom stereocenters. The molecule has 4 nitrogen and oxygen atoms in total. The van der Waals surface area contributed by atoms with E-state index in [2.05, 4.69) is 46.2 Å². The van der Waals surface area contributed by atoms with Gasteiger partial charge in [-0.15, -0.1) is 0 Å². The molecule has 0 atom stereocenters. The summed E-state index contributed by atoms with van der Waals surface area (Å²) in [6.45, 7) is 8.85. The lowest BCUT2D eigenvalue weighted by atomic mass is 10.2. The lowest BCUT2D eigenvalue weighted by Gasteiger charge is -2.36. The number of nitrogens with zero attached hydrogens (tertiary/aromatic N) is 3. The van der Waals surface area contributed by atoms with E-state index in [1.807, 2.05) is 12.1 Å². The van der Waals surface area contributed by atoms with Crippen LogP contribution >= 0.6 is 11.6 Å². The fourth-order valence-corrected chi connectivity index (χ4v) is 2.67. The van der Waals surface area contributed by atoms with E-state index in [-0.39, 0.29) is 0 Å². The molecule has 1 heterocycles. The van der Waals surface area contributed by atoms with Crippen LogP contribution < -0.4 is 10.2 Å². The van der Waals surface area contributed by atoms with E-state index in [4.69, 9.17) is 11.6 Å². The molecule has 0 bridgehead atoms. The lowest BCUT2D eigenvalue weighted by Crippen LogP contribution is -2.48. The van der Waals surface area contributed by atoms with Gasteiger partial charge in [-0.2, -0.15) is 0 Å². The first-order valence-electron chi connectivity index (χ1n) is 7.73. The van der Waals surface area contributed by atoms with Gasteiger partial charge < -0.3 is 15.1 Å². The molecule has 1 N–H and O–H groups in total. The van der Waals surface area contributed by atoms with Crippen molar-refractivity contribution in [2.45, 2.75) is 0 Å². The summed E-state index contributed by atoms with van der Waals surface area (Å²) in [7, 11) is 4.22. The minimum Gasteiger partial charge on any atom is -0.369 e. The Morgan fingerprint density at radius 2 is 1.71 bits per heavy atom. The minimum atomic E-state index is 0.807. The molecule has 0 saturated carbocycles. The van der Waals surface area contributed by atoms with Crippen molar-refractivity contribution < 1.29 is 0 Å². The summed E-state index contributed by atoms with van der Waals surface area (Å²) < 4.78 is 0. The van der Waals surface area contributed by atoms with Gasteiger partial charge in [0, 0.05) is 63.1 Å². The largest absolute Gasteiger partial charge is 0.369 e. The summed E-state index contributed by atoms with van der Waals surface area (Å²) >= 11 is 5.94. The molecule has 0 amide bonds. The van der Waals surface area contributed by atoms with E-state index in [9.17, 15) is 0 Å². The van der Waals surface area contributed by atoms with Crippen LogP contribution in [-0.2, 0) is 0 Å². The molecule has 0 aliphatic carbocycles. The van der Waals surface area contributed by atoms with Crippen LogP contribution in [0.1, 0.15) is 0 Å². The second-order valence-corrected chi connectivity index (χ2v) is 6.29. The van der Waals surface area contributed by atoms with Crippen molar-refractivity contribution in [3.63, 3.8) is 0 Å². The van der Waals surface area contributed by atoms with E-state index in [0.717, 1.165) is 57.4 Å². The molecule has 1 aromatic carbocycles. The minimum absolute atomic E-state index is 0.807. The Morgan fingerprint density at radius 1 is 1.05 bits per heavy atom. The Hall–Kier alpha value is -0.810. The van der Waals surface area contributed by atoms with Crippen LogP contribution in [0.3, 0.4) is 0 Å². The van der Waals surface area contributed by atoms with Crippen LogP contribution in [0.4, 0.5) is 5.69 Å². The molecule has 1 fully saturated rings. The number of hydrogen-bond donors (Lipinski definition) is 1. The van der Waals surface area contributed by atoms with Crippen molar-refractivity contribution in [2.24, 2.45) is 0 Å². The van der Waals surface area contributed by atoms with Gasteiger partial charge >= 0.3 is 0 Å². The van der Waals surface area contributed by atoms with Gasteiger partial charge in [-0.1, -0.05) is 11.6 Å². The van der Waals surface area contributed by atoms with Gasteiger partial charge in [0.1, 0.15) is 0 Å². The molecule has 1 saturated heterocycles. The second kappa shape index (κ2) is 8.59. The lowest BCUT2D eigenvalue weighted by molar-refractivity contribution is 0.256. The number of nitrogens with one attached hydrogen (secondary N) is 1. The maximum absolute atomic E-state index is 5.94. The summed E-state index contributed by atoms with van der Waals surface area (Å²) in [6, 6.07) is 8.16. The molecular weight excluding hydrogens is 284 g/mol. The Morgan fingerprint density at radius 3 is 2.33 bits per heavy atom. The highest BCUT2D eigenvalue weighted by Gasteiger charge is 2.16. The zero-order valence-electron chi connectivity index (χ0n) is 13.2. The van der Waals surface area contributed by atoms with E-state index in [0.29, 0.717) is 0 Å². The SMILES string of the molecule is CN(C)CCNCCN1CCN(c2ccc(Cl)cc2)CC1. The van der Waals surface area contributed by atoms with Gasteiger partial charge in [-0.05, 0) is 38.4 Å². The average molecular weight is 311 g/mol. The zero-order valence-corrected chi connectivity index (χ0v) is 13.9. The van der Waals surface area contributed by atoms with Gasteiger partial charge in [0.05, 0.1) is 0 Å². The maximum Gasteiger partial charge on any atom is 0.0407 e. The highest BCUT2D eigenvalue weighted by Crippen LogP contribution is 2.19. The molecular formula is C16H27ClN4. The molecule has 1 aliphatic rings. The third kappa shape index (κ3) is 5.83. The molecule has 0 spiro atoms. The second-order valence-electron chi connectivity index (χ2n) is 5.86. The molecule has 0 aromatic heterocycles. The maximum atomic E-state index is 5.94. The number of benzene rings is 1. The summed E-state index contributed by atoms with van der Waals surface area (Å²) in [5.41, 5.74) is 1.28. The predicted molar refractivity (Wildman–Crippen MR) is 91.5 cm³/mol. The third-order valence-corrected chi connectivity index (χ3v) is 4.16. The van der Waals surface area contributed by atoms with E-state index >= 15 is 0 Å². The van der Waals surface area contributed by atoms with Crippen molar-refractivity contribution in [1.29, 1.82) is 0 Å². The van der Waals surface area contributed by atoms with Crippen LogP contribution in [0.2, 0.25) is 5.02 Å². The molecule has 0 radical (unpaired) electrons. The Balaban J connectivity index is 1.63. The van der Waals surface area contributed by atoms with Gasteiger partial charge in [0.15, 0.2) is 0 Å². The molecule has 21 heavy (non-hydrogen) atoms. The summed E-state index contributed by atoms with van der Waals surface area (Å²) in [4.78, 5) is 7.18. The highest BCUT2D eigenvalue weighted by atomic mass is 35.5. The zero-order chi connectivity index (χ0) is 15.1. The number of anilines is 1. The topological polar surface area (TPSA) is 21.8 Å². The summed E-state index contributed by atoms with van der Waals surface area (Å²) in [6.07, 6.45) is 0. The van der Waals surface area contributed by atoms with Crippen LogP contribution in [0.15, 0.2) is 24.3 Å². The van der Waals surface area contributed by atoms with Crippen LogP contribution in [0.5, 0.6) is 0 Å². The predicted octanol–water partition coefficient (Wildman–Crippen LogP) is 1.61. The van der Waals surface area contributed by atoms with E-state index < -0.39 is 0 Å². The number of rotatable bonds is 7. The standard InChI is InChI=1S/C16H27ClN4/c1-19(2)9-7-18-8-10-20-11-13-21(14-12-20)16-5-3-15(17)4-6-16/h3-6,18H,7-14H2,1-2H3. The molecule has 118 valence electrons. The fraction of sp³-hybridized carbons (Fsp3) is 0.625. The van der Waals surface area contributed by atoms with Crippen LogP contribution in [-0.4, -0.2) is 76.3 Å². The van der Waals surface area contributed by atoms with Gasteiger partial charge in [0.2, 0.25) is 0 Å². The monoisotopic (exact) mass is 310 g/mol. The Labute approximate surface area is 133 Å². The first-order chi connectivity index (χ1) is 10.1. The Kier molecular flexibility index (Phi) is 6.77. The fourth-order valence-electron chi connectivity index (χ4n) is 2.55. The molecule has 2 rings (SSSR count). The van der Waals surface area contributed by atoms with Crippen LogP contribution in [0.25, 0.3) is 0 Å². The number of piperazine rings is 1. The summed E-state index contributed by atoms with van der Waals surface area (Å²) in [5.74, 6) is 0. The molecule has 5 heteroatoms. The Bertz CT molecular complexity index is 399. The summed E-state index contributed by atoms with van der Waals surface area (Å²) in [5, 5.41) is 4.31. The van der Waals surface area contributed by atoms with Crippen LogP contribution in [0, 0.1) is 0 Å². The first-order valence-corrected chi connectivity index (χ1v) is 8.11. The van der Waals surface area contributed by atoms with E-state index in [1.54, 1.807) is 0 Å². The third-order valence-electron chi connectivity index (χ3n) is 3.90. The number of halogens is 1. The number of likely N-dealkylation sites (N-methyl/N-ethyl adjacent to an activating group) is 1.